The number of aromatic nitrogens is 2. The lowest BCUT2D eigenvalue weighted by atomic mass is 10.0. The molecule has 4 rings (SSSR count). The number of carbonyl (C=O) groups excluding carboxylic acids is 1. The van der Waals surface area contributed by atoms with Crippen LogP contribution < -0.4 is 10.9 Å². The molecule has 0 radical (unpaired) electrons. The van der Waals surface area contributed by atoms with Crippen molar-refractivity contribution in [1.82, 2.24) is 9.55 Å². The van der Waals surface area contributed by atoms with E-state index in [0.717, 1.165) is 26.9 Å². The lowest BCUT2D eigenvalue weighted by Gasteiger charge is -2.09. The lowest BCUT2D eigenvalue weighted by Crippen LogP contribution is -2.27. The van der Waals surface area contributed by atoms with E-state index in [1.54, 1.807) is 0 Å². The van der Waals surface area contributed by atoms with Crippen LogP contribution in [0.25, 0.3) is 21.3 Å². The fourth-order valence-corrected chi connectivity index (χ4v) is 4.82. The van der Waals surface area contributed by atoms with Gasteiger partial charge in [0.15, 0.2) is 0 Å². The number of nitrogens with zero attached hydrogens (tertiary/aromatic N) is 2. The standard InChI is InChI=1S/C22H16BrClFN3O2S/c1-2-17-19(12-3-5-13(23)6-4-12)20-21(31-17)26-11-28(22(20)30)10-18(29)27-14-7-8-16(25)15(24)9-14/h3-9,11H,2,10H2,1H3,(H,27,29). The normalized spacial score (nSPS) is 11.1. The highest BCUT2D eigenvalue weighted by Crippen LogP contribution is 2.36. The van der Waals surface area contributed by atoms with Gasteiger partial charge in [0.1, 0.15) is 17.2 Å². The molecule has 0 unspecified atom stereocenters. The van der Waals surface area contributed by atoms with E-state index < -0.39 is 11.7 Å². The average molecular weight is 521 g/mol. The van der Waals surface area contributed by atoms with E-state index in [2.05, 4.69) is 26.2 Å². The second-order valence-electron chi connectivity index (χ2n) is 6.80. The van der Waals surface area contributed by atoms with E-state index in [9.17, 15) is 14.0 Å². The Morgan fingerprint density at radius 3 is 2.68 bits per heavy atom. The number of carbonyl (C=O) groups is 1. The van der Waals surface area contributed by atoms with Gasteiger partial charge in [-0.05, 0) is 42.3 Å². The number of hydrogen-bond donors (Lipinski definition) is 1. The fourth-order valence-electron chi connectivity index (χ4n) is 3.29. The molecule has 1 amide bonds. The zero-order chi connectivity index (χ0) is 22.1. The van der Waals surface area contributed by atoms with Crippen LogP contribution in [0.1, 0.15) is 11.8 Å². The number of hydrogen-bond acceptors (Lipinski definition) is 4. The number of benzene rings is 2. The first kappa shape index (κ1) is 21.7. The number of anilines is 1. The largest absolute Gasteiger partial charge is 0.324 e. The number of rotatable bonds is 5. The Morgan fingerprint density at radius 2 is 2.00 bits per heavy atom. The van der Waals surface area contributed by atoms with Crippen LogP contribution in [0.5, 0.6) is 0 Å². The number of aryl methyl sites for hydroxylation is 1. The number of halogens is 3. The minimum absolute atomic E-state index is 0.0949. The minimum atomic E-state index is -0.574. The van der Waals surface area contributed by atoms with E-state index in [4.69, 9.17) is 11.6 Å². The summed E-state index contributed by atoms with van der Waals surface area (Å²) in [5.41, 5.74) is 1.84. The summed E-state index contributed by atoms with van der Waals surface area (Å²) in [5.74, 6) is -1.02. The maximum atomic E-state index is 13.3. The first-order chi connectivity index (χ1) is 14.9. The molecular weight excluding hydrogens is 505 g/mol. The first-order valence-corrected chi connectivity index (χ1v) is 11.4. The smallest absolute Gasteiger partial charge is 0.263 e. The summed E-state index contributed by atoms with van der Waals surface area (Å²) < 4.78 is 15.5. The van der Waals surface area contributed by atoms with Crippen molar-refractivity contribution in [2.75, 3.05) is 5.32 Å². The summed E-state index contributed by atoms with van der Waals surface area (Å²) in [6.07, 6.45) is 2.14. The van der Waals surface area contributed by atoms with Gasteiger partial charge in [0.05, 0.1) is 16.7 Å². The minimum Gasteiger partial charge on any atom is -0.324 e. The maximum absolute atomic E-state index is 13.3. The van der Waals surface area contributed by atoms with Crippen molar-refractivity contribution in [3.8, 4) is 11.1 Å². The molecule has 2 heterocycles. The first-order valence-electron chi connectivity index (χ1n) is 9.39. The molecule has 0 saturated carbocycles. The highest BCUT2D eigenvalue weighted by molar-refractivity contribution is 9.10. The molecule has 0 fully saturated rings. The summed E-state index contributed by atoms with van der Waals surface area (Å²) in [5, 5.41) is 3.03. The Bertz CT molecular complexity index is 1350. The summed E-state index contributed by atoms with van der Waals surface area (Å²) in [4.78, 5) is 31.9. The van der Waals surface area contributed by atoms with Gasteiger partial charge in [-0.3, -0.25) is 14.2 Å². The summed E-state index contributed by atoms with van der Waals surface area (Å²) in [7, 11) is 0. The monoisotopic (exact) mass is 519 g/mol. The van der Waals surface area contributed by atoms with Gasteiger partial charge in [0.2, 0.25) is 5.91 Å². The topological polar surface area (TPSA) is 64.0 Å². The van der Waals surface area contributed by atoms with Gasteiger partial charge in [0, 0.05) is 20.6 Å². The van der Waals surface area contributed by atoms with Crippen molar-refractivity contribution < 1.29 is 9.18 Å². The molecule has 2 aromatic carbocycles. The molecule has 31 heavy (non-hydrogen) atoms. The van der Waals surface area contributed by atoms with Crippen LogP contribution in [0.2, 0.25) is 5.02 Å². The molecule has 0 atom stereocenters. The highest BCUT2D eigenvalue weighted by atomic mass is 79.9. The molecule has 158 valence electrons. The fraction of sp³-hybridized carbons (Fsp3) is 0.136. The van der Waals surface area contributed by atoms with Crippen LogP contribution in [0.4, 0.5) is 10.1 Å². The Balaban J connectivity index is 1.71. The quantitative estimate of drug-likeness (QED) is 0.357. The number of amides is 1. The van der Waals surface area contributed by atoms with Gasteiger partial charge in [-0.1, -0.05) is 46.6 Å². The summed E-state index contributed by atoms with van der Waals surface area (Å²) in [6, 6.07) is 11.6. The predicted molar refractivity (Wildman–Crippen MR) is 126 cm³/mol. The third kappa shape index (κ3) is 4.42. The Morgan fingerprint density at radius 1 is 1.26 bits per heavy atom. The molecule has 0 spiro atoms. The van der Waals surface area contributed by atoms with Crippen molar-refractivity contribution in [1.29, 1.82) is 0 Å². The molecule has 1 N–H and O–H groups in total. The molecule has 0 bridgehead atoms. The molecule has 0 aliphatic carbocycles. The van der Waals surface area contributed by atoms with Crippen molar-refractivity contribution in [2.45, 2.75) is 19.9 Å². The van der Waals surface area contributed by atoms with E-state index in [0.29, 0.717) is 15.9 Å². The van der Waals surface area contributed by atoms with E-state index in [-0.39, 0.29) is 17.1 Å². The van der Waals surface area contributed by atoms with Crippen LogP contribution in [-0.4, -0.2) is 15.5 Å². The third-order valence-corrected chi connectivity index (χ3v) is 6.78. The van der Waals surface area contributed by atoms with Crippen LogP contribution in [0.15, 0.2) is 58.1 Å². The number of fused-ring (bicyclic) bond motifs is 1. The number of nitrogens with one attached hydrogen (secondary N) is 1. The molecule has 4 aromatic rings. The lowest BCUT2D eigenvalue weighted by molar-refractivity contribution is -0.116. The predicted octanol–water partition coefficient (Wildman–Crippen LogP) is 5.88. The van der Waals surface area contributed by atoms with Gasteiger partial charge >= 0.3 is 0 Å². The Labute approximate surface area is 194 Å². The van der Waals surface area contributed by atoms with Gasteiger partial charge in [-0.2, -0.15) is 0 Å². The zero-order valence-corrected chi connectivity index (χ0v) is 19.4. The SMILES string of the molecule is CCc1sc2ncn(CC(=O)Nc3ccc(F)c(Cl)c3)c(=O)c2c1-c1ccc(Br)cc1. The average Bonchev–Trinajstić information content (AvgIpc) is 3.13. The van der Waals surface area contributed by atoms with Crippen molar-refractivity contribution in [2.24, 2.45) is 0 Å². The molecule has 5 nitrogen and oxygen atoms in total. The van der Waals surface area contributed by atoms with Crippen LogP contribution in [0, 0.1) is 5.82 Å². The molecule has 0 aliphatic heterocycles. The Hall–Kier alpha value is -2.55. The van der Waals surface area contributed by atoms with Crippen LogP contribution in [-0.2, 0) is 17.8 Å². The van der Waals surface area contributed by atoms with Crippen LogP contribution in [0.3, 0.4) is 0 Å². The van der Waals surface area contributed by atoms with E-state index >= 15 is 0 Å². The molecular formula is C22H16BrClFN3O2S. The van der Waals surface area contributed by atoms with Crippen molar-refractivity contribution in [3.05, 3.63) is 79.3 Å². The molecule has 9 heteroatoms. The van der Waals surface area contributed by atoms with E-state index in [1.165, 1.54) is 40.4 Å². The van der Waals surface area contributed by atoms with Gasteiger partial charge in [-0.25, -0.2) is 9.37 Å². The number of thiophene rings is 1. The van der Waals surface area contributed by atoms with Gasteiger partial charge in [0.25, 0.3) is 5.56 Å². The second-order valence-corrected chi connectivity index (χ2v) is 9.20. The summed E-state index contributed by atoms with van der Waals surface area (Å²) in [6.45, 7) is 1.81. The van der Waals surface area contributed by atoms with Gasteiger partial charge < -0.3 is 5.32 Å². The van der Waals surface area contributed by atoms with Gasteiger partial charge in [-0.15, -0.1) is 11.3 Å². The molecule has 0 saturated heterocycles. The molecule has 0 aliphatic rings. The highest BCUT2D eigenvalue weighted by Gasteiger charge is 2.19. The van der Waals surface area contributed by atoms with Crippen molar-refractivity contribution in [3.63, 3.8) is 0 Å². The third-order valence-electron chi connectivity index (χ3n) is 4.72. The van der Waals surface area contributed by atoms with Crippen molar-refractivity contribution >= 4 is 60.7 Å². The second kappa shape index (κ2) is 8.90. The Kier molecular flexibility index (Phi) is 6.22. The van der Waals surface area contributed by atoms with Crippen LogP contribution >= 0.6 is 38.9 Å². The summed E-state index contributed by atoms with van der Waals surface area (Å²) >= 11 is 10.7. The zero-order valence-electron chi connectivity index (χ0n) is 16.3. The van der Waals surface area contributed by atoms with E-state index in [1.807, 2.05) is 31.2 Å². The molecule has 2 aromatic heterocycles. The maximum Gasteiger partial charge on any atom is 0.263 e.